The van der Waals surface area contributed by atoms with Gasteiger partial charge in [0.1, 0.15) is 5.75 Å². The van der Waals surface area contributed by atoms with Crippen molar-refractivity contribution in [3.05, 3.63) is 47.3 Å². The van der Waals surface area contributed by atoms with Crippen LogP contribution in [-0.2, 0) is 6.42 Å². The molecule has 1 aromatic carbocycles. The Morgan fingerprint density at radius 2 is 2.16 bits per heavy atom. The first-order valence-electron chi connectivity index (χ1n) is 6.74. The van der Waals surface area contributed by atoms with Gasteiger partial charge < -0.3 is 14.4 Å². The van der Waals surface area contributed by atoms with Crippen molar-refractivity contribution in [1.82, 2.24) is 4.57 Å². The Bertz CT molecular complexity index is 601. The minimum Gasteiger partial charge on any atom is -0.496 e. The topological polar surface area (TPSA) is 34.4 Å². The zero-order chi connectivity index (χ0) is 13.4. The molecule has 0 spiro atoms. The fourth-order valence-corrected chi connectivity index (χ4v) is 2.92. The Hall–Kier alpha value is -1.74. The van der Waals surface area contributed by atoms with E-state index in [4.69, 9.17) is 4.74 Å². The third-order valence-corrected chi connectivity index (χ3v) is 3.93. The fourth-order valence-electron chi connectivity index (χ4n) is 2.92. The molecule has 1 heterocycles. The highest BCUT2D eigenvalue weighted by atomic mass is 16.5. The Kier molecular flexibility index (Phi) is 3.07. The van der Waals surface area contributed by atoms with Gasteiger partial charge in [-0.3, -0.25) is 0 Å². The number of aromatic nitrogens is 1. The zero-order valence-corrected chi connectivity index (χ0v) is 11.4. The van der Waals surface area contributed by atoms with Gasteiger partial charge in [0.05, 0.1) is 13.2 Å². The number of ether oxygens (including phenoxy) is 1. The maximum absolute atomic E-state index is 10.0. The van der Waals surface area contributed by atoms with Crippen LogP contribution in [0.4, 0.5) is 0 Å². The van der Waals surface area contributed by atoms with Crippen molar-refractivity contribution in [3.8, 4) is 11.4 Å². The van der Waals surface area contributed by atoms with Crippen LogP contribution in [0.1, 0.15) is 35.8 Å². The first-order valence-corrected chi connectivity index (χ1v) is 6.74. The summed E-state index contributed by atoms with van der Waals surface area (Å²) in [4.78, 5) is 0. The minimum atomic E-state index is -0.302. The zero-order valence-electron chi connectivity index (χ0n) is 11.4. The number of aliphatic hydroxyl groups is 1. The number of hydrogen-bond donors (Lipinski definition) is 1. The second kappa shape index (κ2) is 4.74. The second-order valence-corrected chi connectivity index (χ2v) is 5.15. The van der Waals surface area contributed by atoms with Crippen LogP contribution < -0.4 is 4.74 Å². The summed E-state index contributed by atoms with van der Waals surface area (Å²) in [5.41, 5.74) is 4.58. The number of hydrogen-bond acceptors (Lipinski definition) is 2. The van der Waals surface area contributed by atoms with Crippen molar-refractivity contribution in [2.45, 2.75) is 32.3 Å². The van der Waals surface area contributed by atoms with Gasteiger partial charge in [0, 0.05) is 23.1 Å². The predicted molar refractivity (Wildman–Crippen MR) is 75.0 cm³/mol. The molecule has 0 radical (unpaired) electrons. The number of aryl methyl sites for hydroxylation is 1. The summed E-state index contributed by atoms with van der Waals surface area (Å²) in [7, 11) is 1.69. The summed E-state index contributed by atoms with van der Waals surface area (Å²) < 4.78 is 7.48. The molecule has 0 amide bonds. The number of benzene rings is 1. The Morgan fingerprint density at radius 3 is 2.89 bits per heavy atom. The van der Waals surface area contributed by atoms with Gasteiger partial charge >= 0.3 is 0 Å². The Balaban J connectivity index is 2.05. The van der Waals surface area contributed by atoms with Gasteiger partial charge in [-0.15, -0.1) is 0 Å². The highest BCUT2D eigenvalue weighted by Gasteiger charge is 2.21. The van der Waals surface area contributed by atoms with E-state index < -0.39 is 0 Å². The molecule has 0 saturated carbocycles. The molecule has 0 aliphatic heterocycles. The molecule has 3 nitrogen and oxygen atoms in total. The second-order valence-electron chi connectivity index (χ2n) is 5.15. The SMILES string of the molecule is COc1ccc(-n2ccc3c2CCCC3O)cc1C. The summed E-state index contributed by atoms with van der Waals surface area (Å²) in [6.07, 6.45) is 4.71. The van der Waals surface area contributed by atoms with Gasteiger partial charge in [-0.2, -0.15) is 0 Å². The minimum absolute atomic E-state index is 0.302. The molecule has 1 aliphatic rings. The summed E-state index contributed by atoms with van der Waals surface area (Å²) in [6.45, 7) is 2.05. The van der Waals surface area contributed by atoms with Crippen molar-refractivity contribution in [1.29, 1.82) is 0 Å². The lowest BCUT2D eigenvalue weighted by atomic mass is 9.95. The van der Waals surface area contributed by atoms with Crippen LogP contribution in [0.25, 0.3) is 5.69 Å². The van der Waals surface area contributed by atoms with E-state index in [9.17, 15) is 5.11 Å². The van der Waals surface area contributed by atoms with Crippen LogP contribution in [0.2, 0.25) is 0 Å². The molecule has 1 aliphatic carbocycles. The van der Waals surface area contributed by atoms with Crippen LogP contribution in [0.5, 0.6) is 5.75 Å². The Morgan fingerprint density at radius 1 is 1.32 bits per heavy atom. The van der Waals surface area contributed by atoms with E-state index in [1.165, 1.54) is 5.69 Å². The lowest BCUT2D eigenvalue weighted by molar-refractivity contribution is 0.156. The quantitative estimate of drug-likeness (QED) is 0.896. The molecule has 1 unspecified atom stereocenters. The monoisotopic (exact) mass is 257 g/mol. The third kappa shape index (κ3) is 2.04. The molecule has 3 rings (SSSR count). The highest BCUT2D eigenvalue weighted by molar-refractivity contribution is 5.46. The summed E-state index contributed by atoms with van der Waals surface area (Å²) in [6, 6.07) is 8.22. The average molecular weight is 257 g/mol. The molecule has 19 heavy (non-hydrogen) atoms. The summed E-state index contributed by atoms with van der Waals surface area (Å²) in [5.74, 6) is 0.907. The summed E-state index contributed by atoms with van der Waals surface area (Å²) >= 11 is 0. The number of aliphatic hydroxyl groups excluding tert-OH is 1. The largest absolute Gasteiger partial charge is 0.496 e. The molecule has 2 aromatic rings. The van der Waals surface area contributed by atoms with E-state index in [2.05, 4.69) is 22.9 Å². The lowest BCUT2D eigenvalue weighted by Gasteiger charge is -2.20. The smallest absolute Gasteiger partial charge is 0.121 e. The summed E-state index contributed by atoms with van der Waals surface area (Å²) in [5, 5.41) is 10.0. The Labute approximate surface area is 113 Å². The molecular formula is C16H19NO2. The molecule has 0 fully saturated rings. The molecule has 3 heteroatoms. The molecule has 100 valence electrons. The van der Waals surface area contributed by atoms with Crippen molar-refractivity contribution in [2.24, 2.45) is 0 Å². The number of nitrogens with zero attached hydrogens (tertiary/aromatic N) is 1. The number of fused-ring (bicyclic) bond motifs is 1. The van der Waals surface area contributed by atoms with Gasteiger partial charge in [0.15, 0.2) is 0 Å². The van der Waals surface area contributed by atoms with Gasteiger partial charge in [-0.05, 0) is 56.0 Å². The van der Waals surface area contributed by atoms with Crippen LogP contribution >= 0.6 is 0 Å². The van der Waals surface area contributed by atoms with Crippen LogP contribution in [0, 0.1) is 6.92 Å². The van der Waals surface area contributed by atoms with E-state index in [0.717, 1.165) is 41.8 Å². The van der Waals surface area contributed by atoms with Crippen molar-refractivity contribution in [3.63, 3.8) is 0 Å². The highest BCUT2D eigenvalue weighted by Crippen LogP contribution is 2.32. The molecule has 1 atom stereocenters. The van der Waals surface area contributed by atoms with Crippen molar-refractivity contribution >= 4 is 0 Å². The van der Waals surface area contributed by atoms with Crippen LogP contribution in [0.15, 0.2) is 30.5 Å². The van der Waals surface area contributed by atoms with E-state index >= 15 is 0 Å². The molecule has 0 bridgehead atoms. The van der Waals surface area contributed by atoms with Crippen LogP contribution in [0.3, 0.4) is 0 Å². The van der Waals surface area contributed by atoms with Crippen LogP contribution in [-0.4, -0.2) is 16.8 Å². The third-order valence-electron chi connectivity index (χ3n) is 3.93. The first-order chi connectivity index (χ1) is 9.20. The standard InChI is InChI=1S/C16H19NO2/c1-11-10-12(6-7-16(11)19-2)17-9-8-13-14(17)4-3-5-15(13)18/h6-10,15,18H,3-5H2,1-2H3. The number of methoxy groups -OCH3 is 1. The average Bonchev–Trinajstić information content (AvgIpc) is 2.84. The molecular weight excluding hydrogens is 238 g/mol. The first kappa shape index (κ1) is 12.3. The van der Waals surface area contributed by atoms with Gasteiger partial charge in [0.2, 0.25) is 0 Å². The molecule has 1 N–H and O–H groups in total. The van der Waals surface area contributed by atoms with Crippen molar-refractivity contribution in [2.75, 3.05) is 7.11 Å². The van der Waals surface area contributed by atoms with Crippen molar-refractivity contribution < 1.29 is 9.84 Å². The molecule has 0 saturated heterocycles. The lowest BCUT2D eigenvalue weighted by Crippen LogP contribution is -2.11. The predicted octanol–water partition coefficient (Wildman–Crippen LogP) is 3.16. The normalized spacial score (nSPS) is 18.2. The van der Waals surface area contributed by atoms with Gasteiger partial charge in [0.25, 0.3) is 0 Å². The van der Waals surface area contributed by atoms with E-state index in [1.54, 1.807) is 7.11 Å². The number of rotatable bonds is 2. The van der Waals surface area contributed by atoms with Gasteiger partial charge in [-0.25, -0.2) is 0 Å². The van der Waals surface area contributed by atoms with Gasteiger partial charge in [-0.1, -0.05) is 0 Å². The van der Waals surface area contributed by atoms with E-state index in [0.29, 0.717) is 0 Å². The maximum Gasteiger partial charge on any atom is 0.121 e. The fraction of sp³-hybridized carbons (Fsp3) is 0.375. The molecule has 1 aromatic heterocycles. The maximum atomic E-state index is 10.0. The van der Waals surface area contributed by atoms with E-state index in [-0.39, 0.29) is 6.10 Å². The van der Waals surface area contributed by atoms with E-state index in [1.807, 2.05) is 19.1 Å².